The number of carboxylic acids is 1. The zero-order valence-electron chi connectivity index (χ0n) is 8.92. The maximum Gasteiger partial charge on any atom is 0.414 e. The Hall–Kier alpha value is -2.04. The number of nitrogens with zero attached hydrogens (tertiary/aromatic N) is 1. The third-order valence-corrected chi connectivity index (χ3v) is 1.92. The molecule has 86 valence electrons. The standard InChI is InChI=1S/C11H13NO4/c1-12(8-7-10(13)14)11(15)16-9-5-3-2-4-6-9/h2-6H,7-8H2,1H3,(H,13,14). The Morgan fingerprint density at radius 1 is 1.31 bits per heavy atom. The number of amides is 1. The Kier molecular flexibility index (Phi) is 4.32. The van der Waals surface area contributed by atoms with E-state index in [2.05, 4.69) is 0 Å². The van der Waals surface area contributed by atoms with E-state index in [0.29, 0.717) is 5.75 Å². The van der Waals surface area contributed by atoms with E-state index in [0.717, 1.165) is 0 Å². The second-order valence-corrected chi connectivity index (χ2v) is 3.25. The molecule has 0 atom stereocenters. The molecule has 1 N–H and O–H groups in total. The number of ether oxygens (including phenoxy) is 1. The SMILES string of the molecule is CN(CCC(=O)O)C(=O)Oc1ccccc1. The molecule has 0 spiro atoms. The van der Waals surface area contributed by atoms with E-state index in [-0.39, 0.29) is 13.0 Å². The van der Waals surface area contributed by atoms with Gasteiger partial charge in [0.05, 0.1) is 6.42 Å². The van der Waals surface area contributed by atoms with Crippen molar-refractivity contribution in [2.24, 2.45) is 0 Å². The van der Waals surface area contributed by atoms with Gasteiger partial charge in [-0.25, -0.2) is 4.79 Å². The van der Waals surface area contributed by atoms with Crippen LogP contribution in [0.15, 0.2) is 30.3 Å². The molecule has 0 fully saturated rings. The van der Waals surface area contributed by atoms with Crippen molar-refractivity contribution in [3.05, 3.63) is 30.3 Å². The first-order valence-electron chi connectivity index (χ1n) is 4.79. The van der Waals surface area contributed by atoms with E-state index in [1.807, 2.05) is 6.07 Å². The van der Waals surface area contributed by atoms with Crippen LogP contribution in [0.25, 0.3) is 0 Å². The molecule has 0 bridgehead atoms. The van der Waals surface area contributed by atoms with E-state index in [1.165, 1.54) is 11.9 Å². The van der Waals surface area contributed by atoms with Crippen molar-refractivity contribution in [3.63, 3.8) is 0 Å². The third-order valence-electron chi connectivity index (χ3n) is 1.92. The molecule has 1 rings (SSSR count). The van der Waals surface area contributed by atoms with Gasteiger partial charge < -0.3 is 14.7 Å². The second-order valence-electron chi connectivity index (χ2n) is 3.25. The molecule has 0 aliphatic rings. The summed E-state index contributed by atoms with van der Waals surface area (Å²) in [5, 5.41) is 8.46. The highest BCUT2D eigenvalue weighted by Gasteiger charge is 2.11. The van der Waals surface area contributed by atoms with Crippen molar-refractivity contribution >= 4 is 12.1 Å². The van der Waals surface area contributed by atoms with Crippen LogP contribution in [0.4, 0.5) is 4.79 Å². The van der Waals surface area contributed by atoms with Crippen LogP contribution in [0.3, 0.4) is 0 Å². The number of hydrogen-bond donors (Lipinski definition) is 1. The lowest BCUT2D eigenvalue weighted by atomic mass is 10.3. The molecular formula is C11H13NO4. The number of aliphatic carboxylic acids is 1. The molecule has 5 heteroatoms. The Morgan fingerprint density at radius 2 is 1.94 bits per heavy atom. The third kappa shape index (κ3) is 4.00. The normalized spacial score (nSPS) is 9.56. The summed E-state index contributed by atoms with van der Waals surface area (Å²) in [5.41, 5.74) is 0. The van der Waals surface area contributed by atoms with Crippen molar-refractivity contribution in [1.29, 1.82) is 0 Å². The van der Waals surface area contributed by atoms with E-state index in [1.54, 1.807) is 24.3 Å². The Morgan fingerprint density at radius 3 is 2.50 bits per heavy atom. The highest BCUT2D eigenvalue weighted by atomic mass is 16.6. The molecule has 1 aromatic rings. The average molecular weight is 223 g/mol. The largest absolute Gasteiger partial charge is 0.481 e. The van der Waals surface area contributed by atoms with Gasteiger partial charge in [0.15, 0.2) is 0 Å². The van der Waals surface area contributed by atoms with Crippen LogP contribution in [-0.4, -0.2) is 35.7 Å². The van der Waals surface area contributed by atoms with Gasteiger partial charge in [0.2, 0.25) is 0 Å². The topological polar surface area (TPSA) is 66.8 Å². The number of para-hydroxylation sites is 1. The summed E-state index contributed by atoms with van der Waals surface area (Å²) >= 11 is 0. The molecular weight excluding hydrogens is 210 g/mol. The lowest BCUT2D eigenvalue weighted by Gasteiger charge is -2.15. The lowest BCUT2D eigenvalue weighted by Crippen LogP contribution is -2.31. The van der Waals surface area contributed by atoms with Gasteiger partial charge in [0.25, 0.3) is 0 Å². The summed E-state index contributed by atoms with van der Waals surface area (Å²) < 4.78 is 5.00. The van der Waals surface area contributed by atoms with Gasteiger partial charge >= 0.3 is 12.1 Å². The maximum absolute atomic E-state index is 11.4. The highest BCUT2D eigenvalue weighted by molar-refractivity contribution is 5.72. The maximum atomic E-state index is 11.4. The van der Waals surface area contributed by atoms with Crippen LogP contribution in [0.2, 0.25) is 0 Å². The molecule has 0 unspecified atom stereocenters. The molecule has 0 aliphatic heterocycles. The summed E-state index contributed by atoms with van der Waals surface area (Å²) in [4.78, 5) is 23.0. The zero-order valence-corrected chi connectivity index (χ0v) is 8.92. The number of rotatable bonds is 4. The molecule has 1 aromatic carbocycles. The first-order valence-corrected chi connectivity index (χ1v) is 4.79. The van der Waals surface area contributed by atoms with Gasteiger partial charge in [0.1, 0.15) is 5.75 Å². The van der Waals surface area contributed by atoms with Gasteiger partial charge in [-0.2, -0.15) is 0 Å². The summed E-state index contributed by atoms with van der Waals surface area (Å²) in [6, 6.07) is 8.62. The van der Waals surface area contributed by atoms with E-state index in [4.69, 9.17) is 9.84 Å². The minimum absolute atomic E-state index is 0.0968. The summed E-state index contributed by atoms with van der Waals surface area (Å²) in [5.74, 6) is -0.506. The molecule has 0 aromatic heterocycles. The van der Waals surface area contributed by atoms with Crippen molar-refractivity contribution < 1.29 is 19.4 Å². The van der Waals surface area contributed by atoms with Gasteiger partial charge in [-0.15, -0.1) is 0 Å². The van der Waals surface area contributed by atoms with Crippen molar-refractivity contribution in [2.45, 2.75) is 6.42 Å². The molecule has 0 aliphatic carbocycles. The molecule has 0 saturated heterocycles. The van der Waals surface area contributed by atoms with Crippen molar-refractivity contribution in [1.82, 2.24) is 4.90 Å². The van der Waals surface area contributed by atoms with Crippen LogP contribution < -0.4 is 4.74 Å². The molecule has 0 saturated carbocycles. The first kappa shape index (κ1) is 12.0. The Balaban J connectivity index is 2.43. The Labute approximate surface area is 93.2 Å². The number of carbonyl (C=O) groups excluding carboxylic acids is 1. The zero-order chi connectivity index (χ0) is 12.0. The average Bonchev–Trinajstić information content (AvgIpc) is 2.27. The van der Waals surface area contributed by atoms with Crippen LogP contribution in [0, 0.1) is 0 Å². The fourth-order valence-corrected chi connectivity index (χ4v) is 1.02. The van der Waals surface area contributed by atoms with Crippen LogP contribution in [0.5, 0.6) is 5.75 Å². The minimum Gasteiger partial charge on any atom is -0.481 e. The monoisotopic (exact) mass is 223 g/mol. The van der Waals surface area contributed by atoms with E-state index >= 15 is 0 Å². The number of hydrogen-bond acceptors (Lipinski definition) is 3. The molecule has 0 radical (unpaired) electrons. The minimum atomic E-state index is -0.945. The van der Waals surface area contributed by atoms with Crippen LogP contribution >= 0.6 is 0 Å². The number of benzene rings is 1. The van der Waals surface area contributed by atoms with Gasteiger partial charge in [0, 0.05) is 13.6 Å². The van der Waals surface area contributed by atoms with Crippen LogP contribution in [-0.2, 0) is 4.79 Å². The molecule has 1 amide bonds. The fourth-order valence-electron chi connectivity index (χ4n) is 1.02. The van der Waals surface area contributed by atoms with Gasteiger partial charge in [-0.3, -0.25) is 4.79 Å². The van der Waals surface area contributed by atoms with Gasteiger partial charge in [-0.05, 0) is 12.1 Å². The predicted molar refractivity (Wildman–Crippen MR) is 57.3 cm³/mol. The fraction of sp³-hybridized carbons (Fsp3) is 0.273. The van der Waals surface area contributed by atoms with E-state index < -0.39 is 12.1 Å². The number of carboxylic acid groups (broad SMARTS) is 1. The highest BCUT2D eigenvalue weighted by Crippen LogP contribution is 2.09. The quantitative estimate of drug-likeness (QED) is 0.841. The van der Waals surface area contributed by atoms with E-state index in [9.17, 15) is 9.59 Å². The second kappa shape index (κ2) is 5.75. The molecule has 0 heterocycles. The first-order chi connectivity index (χ1) is 7.59. The van der Waals surface area contributed by atoms with Crippen molar-refractivity contribution in [2.75, 3.05) is 13.6 Å². The number of carbonyl (C=O) groups is 2. The lowest BCUT2D eigenvalue weighted by molar-refractivity contribution is -0.137. The van der Waals surface area contributed by atoms with Crippen LogP contribution in [0.1, 0.15) is 6.42 Å². The summed E-state index contributed by atoms with van der Waals surface area (Å²) in [6.07, 6.45) is -0.659. The molecule has 16 heavy (non-hydrogen) atoms. The summed E-state index contributed by atoms with van der Waals surface area (Å²) in [7, 11) is 1.49. The Bertz CT molecular complexity index is 364. The predicted octanol–water partition coefficient (Wildman–Crippen LogP) is 1.59. The van der Waals surface area contributed by atoms with Crippen molar-refractivity contribution in [3.8, 4) is 5.75 Å². The smallest absolute Gasteiger partial charge is 0.414 e. The molecule has 5 nitrogen and oxygen atoms in total. The summed E-state index contributed by atoms with van der Waals surface area (Å²) in [6.45, 7) is 0.126. The van der Waals surface area contributed by atoms with Gasteiger partial charge in [-0.1, -0.05) is 18.2 Å².